The first-order valence-electron chi connectivity index (χ1n) is 5.65. The van der Waals surface area contributed by atoms with Crippen LogP contribution in [0.25, 0.3) is 0 Å². The summed E-state index contributed by atoms with van der Waals surface area (Å²) in [5.41, 5.74) is 0.241. The van der Waals surface area contributed by atoms with E-state index in [9.17, 15) is 18.5 Å². The summed E-state index contributed by atoms with van der Waals surface area (Å²) in [6.07, 6.45) is 0. The van der Waals surface area contributed by atoms with E-state index in [1.165, 1.54) is 24.3 Å². The third kappa shape index (κ3) is 2.94. The number of nitrogens with zero attached hydrogens (tertiary/aromatic N) is 1. The summed E-state index contributed by atoms with van der Waals surface area (Å²) in [6, 6.07) is 11.5. The number of rotatable bonds is 4. The molecule has 0 atom stereocenters. The molecular formula is C13H11NO5S. The van der Waals surface area contributed by atoms with Crippen LogP contribution in [-0.2, 0) is 10.1 Å². The predicted octanol–water partition coefficient (Wildman–Crippen LogP) is 2.67. The third-order valence-corrected chi connectivity index (χ3v) is 3.88. The molecule has 0 saturated heterocycles. The third-order valence-electron chi connectivity index (χ3n) is 2.62. The van der Waals surface area contributed by atoms with Gasteiger partial charge in [-0.15, -0.1) is 0 Å². The summed E-state index contributed by atoms with van der Waals surface area (Å²) < 4.78 is 28.9. The normalized spacial score (nSPS) is 11.1. The van der Waals surface area contributed by atoms with Crippen LogP contribution < -0.4 is 4.18 Å². The van der Waals surface area contributed by atoms with Crippen molar-refractivity contribution in [3.05, 3.63) is 64.2 Å². The molecule has 6 nitrogen and oxygen atoms in total. The predicted molar refractivity (Wildman–Crippen MR) is 72.1 cm³/mol. The molecule has 0 spiro atoms. The highest BCUT2D eigenvalue weighted by atomic mass is 32.2. The lowest BCUT2D eigenvalue weighted by Crippen LogP contribution is -2.09. The van der Waals surface area contributed by atoms with E-state index in [1.807, 2.05) is 0 Å². The number of hydrogen-bond acceptors (Lipinski definition) is 5. The van der Waals surface area contributed by atoms with E-state index in [1.54, 1.807) is 25.1 Å². The van der Waals surface area contributed by atoms with Gasteiger partial charge >= 0.3 is 10.1 Å². The molecule has 2 aromatic carbocycles. The molecule has 0 aromatic heterocycles. The number of hydrogen-bond donors (Lipinski definition) is 0. The molecule has 0 saturated carbocycles. The van der Waals surface area contributed by atoms with E-state index in [2.05, 4.69) is 0 Å². The van der Waals surface area contributed by atoms with Gasteiger partial charge in [0.05, 0.1) is 11.0 Å². The van der Waals surface area contributed by atoms with E-state index >= 15 is 0 Å². The molecule has 0 unspecified atom stereocenters. The van der Waals surface area contributed by atoms with E-state index in [4.69, 9.17) is 4.18 Å². The average Bonchev–Trinajstić information content (AvgIpc) is 2.41. The van der Waals surface area contributed by atoms with Gasteiger partial charge in [-0.05, 0) is 31.2 Å². The lowest BCUT2D eigenvalue weighted by atomic mass is 10.2. The van der Waals surface area contributed by atoms with Gasteiger partial charge in [-0.2, -0.15) is 8.42 Å². The van der Waals surface area contributed by atoms with Gasteiger partial charge < -0.3 is 4.18 Å². The van der Waals surface area contributed by atoms with Crippen LogP contribution in [0.15, 0.2) is 53.4 Å². The van der Waals surface area contributed by atoms with Crippen molar-refractivity contribution >= 4 is 15.8 Å². The first-order valence-corrected chi connectivity index (χ1v) is 7.05. The Balaban J connectivity index is 2.36. The van der Waals surface area contributed by atoms with Crippen LogP contribution in [0.2, 0.25) is 0 Å². The van der Waals surface area contributed by atoms with Gasteiger partial charge in [-0.3, -0.25) is 10.1 Å². The Hall–Kier alpha value is -2.41. The van der Waals surface area contributed by atoms with E-state index in [-0.39, 0.29) is 16.3 Å². The monoisotopic (exact) mass is 293 g/mol. The first kappa shape index (κ1) is 14.0. The highest BCUT2D eigenvalue weighted by Crippen LogP contribution is 2.26. The minimum absolute atomic E-state index is 0.0109. The smallest absolute Gasteiger partial charge is 0.339 e. The van der Waals surface area contributed by atoms with Crippen LogP contribution in [0.3, 0.4) is 0 Å². The van der Waals surface area contributed by atoms with Gasteiger partial charge in [0, 0.05) is 5.56 Å². The maximum atomic E-state index is 12.0. The standard InChI is InChI=1S/C13H11NO5S/c1-10-7-8-11(9-13(10)14(15)16)19-20(17,18)12-5-3-2-4-6-12/h2-9H,1H3. The molecule has 20 heavy (non-hydrogen) atoms. The SMILES string of the molecule is Cc1ccc(OS(=O)(=O)c2ccccc2)cc1[N+](=O)[O-]. The molecule has 0 N–H and O–H groups in total. The van der Waals surface area contributed by atoms with Gasteiger partial charge in [0.25, 0.3) is 5.69 Å². The molecule has 2 rings (SSSR count). The molecule has 7 heteroatoms. The van der Waals surface area contributed by atoms with Gasteiger partial charge in [0.1, 0.15) is 10.6 Å². The summed E-state index contributed by atoms with van der Waals surface area (Å²) in [4.78, 5) is 10.2. The zero-order chi connectivity index (χ0) is 14.8. The van der Waals surface area contributed by atoms with Crippen molar-refractivity contribution in [3.63, 3.8) is 0 Å². The molecule has 0 aliphatic heterocycles. The van der Waals surface area contributed by atoms with Gasteiger partial charge in [0.2, 0.25) is 0 Å². The molecule has 0 bridgehead atoms. The van der Waals surface area contributed by atoms with Crippen molar-refractivity contribution in [2.45, 2.75) is 11.8 Å². The fourth-order valence-electron chi connectivity index (χ4n) is 1.60. The minimum Gasteiger partial charge on any atom is -0.379 e. The molecule has 2 aromatic rings. The number of nitro benzene ring substituents is 1. The van der Waals surface area contributed by atoms with E-state index in [0.29, 0.717) is 5.56 Å². The lowest BCUT2D eigenvalue weighted by Gasteiger charge is -2.07. The summed E-state index contributed by atoms with van der Waals surface area (Å²) in [6.45, 7) is 1.56. The van der Waals surface area contributed by atoms with Crippen LogP contribution in [0.4, 0.5) is 5.69 Å². The molecule has 0 fully saturated rings. The zero-order valence-electron chi connectivity index (χ0n) is 10.5. The first-order chi connectivity index (χ1) is 9.40. The molecule has 0 amide bonds. The maximum Gasteiger partial charge on any atom is 0.339 e. The van der Waals surface area contributed by atoms with Gasteiger partial charge in [-0.25, -0.2) is 0 Å². The van der Waals surface area contributed by atoms with Crippen LogP contribution in [0.1, 0.15) is 5.56 Å². The lowest BCUT2D eigenvalue weighted by molar-refractivity contribution is -0.385. The Bertz CT molecular complexity index is 741. The molecule has 104 valence electrons. The van der Waals surface area contributed by atoms with Gasteiger partial charge in [0.15, 0.2) is 0 Å². The molecule has 0 radical (unpaired) electrons. The Labute approximate surface area is 115 Å². The van der Waals surface area contributed by atoms with Crippen molar-refractivity contribution in [2.24, 2.45) is 0 Å². The summed E-state index contributed by atoms with van der Waals surface area (Å²) in [5, 5.41) is 10.8. The maximum absolute atomic E-state index is 12.0. The summed E-state index contributed by atoms with van der Waals surface area (Å²) in [7, 11) is -3.99. The number of nitro groups is 1. The number of benzene rings is 2. The highest BCUT2D eigenvalue weighted by molar-refractivity contribution is 7.87. The zero-order valence-corrected chi connectivity index (χ0v) is 11.3. The largest absolute Gasteiger partial charge is 0.379 e. The summed E-state index contributed by atoms with van der Waals surface area (Å²) >= 11 is 0. The van der Waals surface area contributed by atoms with E-state index in [0.717, 1.165) is 6.07 Å². The fraction of sp³-hybridized carbons (Fsp3) is 0.0769. The molecule has 0 aliphatic carbocycles. The Kier molecular flexibility index (Phi) is 3.71. The van der Waals surface area contributed by atoms with Crippen molar-refractivity contribution in [2.75, 3.05) is 0 Å². The van der Waals surface area contributed by atoms with Crippen molar-refractivity contribution in [1.29, 1.82) is 0 Å². The quantitative estimate of drug-likeness (QED) is 0.491. The van der Waals surface area contributed by atoms with Crippen molar-refractivity contribution in [1.82, 2.24) is 0 Å². The average molecular weight is 293 g/mol. The van der Waals surface area contributed by atoms with Crippen molar-refractivity contribution < 1.29 is 17.5 Å². The van der Waals surface area contributed by atoms with Crippen molar-refractivity contribution in [3.8, 4) is 5.75 Å². The second kappa shape index (κ2) is 5.30. The minimum atomic E-state index is -3.99. The van der Waals surface area contributed by atoms with Crippen LogP contribution >= 0.6 is 0 Å². The molecule has 0 heterocycles. The highest BCUT2D eigenvalue weighted by Gasteiger charge is 2.18. The Morgan fingerprint density at radius 2 is 1.75 bits per heavy atom. The van der Waals surface area contributed by atoms with Gasteiger partial charge in [-0.1, -0.05) is 18.2 Å². The second-order valence-electron chi connectivity index (χ2n) is 4.06. The van der Waals surface area contributed by atoms with Crippen LogP contribution in [0.5, 0.6) is 5.75 Å². The fourth-order valence-corrected chi connectivity index (χ4v) is 2.54. The van der Waals surface area contributed by atoms with E-state index < -0.39 is 15.0 Å². The van der Waals surface area contributed by atoms with Crippen LogP contribution in [0, 0.1) is 17.0 Å². The Morgan fingerprint density at radius 3 is 2.35 bits per heavy atom. The summed E-state index contributed by atoms with van der Waals surface area (Å²) in [5.74, 6) is -0.0915. The molecular weight excluding hydrogens is 282 g/mol. The molecule has 0 aliphatic rings. The topological polar surface area (TPSA) is 86.5 Å². The van der Waals surface area contributed by atoms with Crippen LogP contribution in [-0.4, -0.2) is 13.3 Å². The second-order valence-corrected chi connectivity index (χ2v) is 5.60. The number of aryl methyl sites for hydroxylation is 1. The Morgan fingerprint density at radius 1 is 1.10 bits per heavy atom.